The van der Waals surface area contributed by atoms with Gasteiger partial charge in [0, 0.05) is 5.92 Å². The molecule has 0 aliphatic rings. The largest absolute Gasteiger partial charge is 0.119 e. The van der Waals surface area contributed by atoms with Crippen molar-refractivity contribution in [2.45, 2.75) is 66.7 Å². The molecule has 98 valence electrons. The first-order valence-corrected chi connectivity index (χ1v) is 6.98. The van der Waals surface area contributed by atoms with Crippen LogP contribution in [0.4, 0.5) is 0 Å². The summed E-state index contributed by atoms with van der Waals surface area (Å²) in [4.78, 5) is 0. The van der Waals surface area contributed by atoms with E-state index in [1.165, 1.54) is 46.2 Å². The quantitative estimate of drug-likeness (QED) is 0.642. The third-order valence-corrected chi connectivity index (χ3v) is 4.45. The minimum Gasteiger partial charge on any atom is -0.119 e. The Hall–Kier alpha value is -1.22. The van der Waals surface area contributed by atoms with Gasteiger partial charge in [0.15, 0.2) is 0 Å². The van der Waals surface area contributed by atoms with Gasteiger partial charge in [0.2, 0.25) is 0 Å². The predicted octanol–water partition coefficient (Wildman–Crippen LogP) is 5.14. The van der Waals surface area contributed by atoms with Crippen molar-refractivity contribution in [2.24, 2.45) is 0 Å². The molecule has 0 fully saturated rings. The second-order valence-electron chi connectivity index (χ2n) is 5.40. The van der Waals surface area contributed by atoms with Crippen LogP contribution in [0.15, 0.2) is 0 Å². The number of unbranched alkanes of at least 4 members (excludes halogenated alkanes) is 1. The van der Waals surface area contributed by atoms with Gasteiger partial charge < -0.3 is 0 Å². The number of hydrogen-bond acceptors (Lipinski definition) is 0. The molecule has 1 rings (SSSR count). The topological polar surface area (TPSA) is 0 Å². The van der Waals surface area contributed by atoms with Crippen LogP contribution in [0.3, 0.4) is 0 Å². The molecule has 0 bridgehead atoms. The highest BCUT2D eigenvalue weighted by Gasteiger charge is 2.18. The first-order chi connectivity index (χ1) is 8.45. The normalized spacial score (nSPS) is 12.3. The summed E-state index contributed by atoms with van der Waals surface area (Å²) in [5.74, 6) is 3.29. The minimum atomic E-state index is 0.281. The number of benzene rings is 1. The Balaban J connectivity index is 3.36. The van der Waals surface area contributed by atoms with Gasteiger partial charge in [-0.1, -0.05) is 25.7 Å². The van der Waals surface area contributed by atoms with Crippen LogP contribution in [0.25, 0.3) is 0 Å². The predicted molar refractivity (Wildman–Crippen MR) is 81.2 cm³/mol. The highest BCUT2D eigenvalue weighted by atomic mass is 14.2. The molecule has 18 heavy (non-hydrogen) atoms. The van der Waals surface area contributed by atoms with Crippen LogP contribution in [0, 0.1) is 47.0 Å². The maximum atomic E-state index is 5.77. The fourth-order valence-electron chi connectivity index (χ4n) is 2.77. The fraction of sp³-hybridized carbons (Fsp3) is 0.556. The van der Waals surface area contributed by atoms with E-state index in [0.717, 1.165) is 6.42 Å². The summed E-state index contributed by atoms with van der Waals surface area (Å²) in [5.41, 5.74) is 8.44. The van der Waals surface area contributed by atoms with Crippen molar-refractivity contribution in [2.75, 3.05) is 0 Å². The molecule has 0 aromatic heterocycles. The van der Waals surface area contributed by atoms with Crippen LogP contribution in [0.1, 0.15) is 65.5 Å². The van der Waals surface area contributed by atoms with E-state index in [1.54, 1.807) is 0 Å². The fourth-order valence-corrected chi connectivity index (χ4v) is 2.77. The van der Waals surface area contributed by atoms with Crippen LogP contribution in [-0.2, 0) is 0 Å². The highest BCUT2D eigenvalue weighted by molar-refractivity contribution is 5.52. The van der Waals surface area contributed by atoms with E-state index >= 15 is 0 Å². The van der Waals surface area contributed by atoms with Crippen LogP contribution >= 0.6 is 0 Å². The lowest BCUT2D eigenvalue weighted by molar-refractivity contribution is 0.670. The third-order valence-electron chi connectivity index (χ3n) is 4.45. The molecule has 0 amide bonds. The van der Waals surface area contributed by atoms with Gasteiger partial charge in [-0.05, 0) is 74.4 Å². The molecule has 1 aromatic rings. The zero-order valence-electron chi connectivity index (χ0n) is 12.8. The molecular formula is C18H26. The van der Waals surface area contributed by atoms with Crippen LogP contribution in [0.5, 0.6) is 0 Å². The van der Waals surface area contributed by atoms with Gasteiger partial charge in [0.25, 0.3) is 0 Å². The molecule has 0 saturated carbocycles. The Labute approximate surface area is 113 Å². The van der Waals surface area contributed by atoms with Crippen molar-refractivity contribution in [3.05, 3.63) is 33.4 Å². The number of terminal acetylenes is 1. The maximum absolute atomic E-state index is 5.77. The molecule has 0 nitrogen and oxygen atoms in total. The summed E-state index contributed by atoms with van der Waals surface area (Å²) in [6.07, 6.45) is 9.30. The van der Waals surface area contributed by atoms with E-state index in [1.807, 2.05) is 0 Å². The van der Waals surface area contributed by atoms with E-state index in [9.17, 15) is 0 Å². The Morgan fingerprint density at radius 3 is 1.72 bits per heavy atom. The first-order valence-electron chi connectivity index (χ1n) is 6.98. The van der Waals surface area contributed by atoms with Gasteiger partial charge in [0.05, 0.1) is 0 Å². The molecule has 0 aliphatic heterocycles. The lowest BCUT2D eigenvalue weighted by atomic mass is 9.82. The highest BCUT2D eigenvalue weighted by Crippen LogP contribution is 2.33. The Kier molecular flexibility index (Phi) is 5.03. The molecule has 0 N–H and O–H groups in total. The molecule has 1 aromatic carbocycles. The van der Waals surface area contributed by atoms with Gasteiger partial charge in [-0.2, -0.15) is 0 Å². The van der Waals surface area contributed by atoms with E-state index in [2.05, 4.69) is 47.5 Å². The zero-order chi connectivity index (χ0) is 13.9. The van der Waals surface area contributed by atoms with Gasteiger partial charge in [-0.3, -0.25) is 0 Å². The molecular weight excluding hydrogens is 216 g/mol. The molecule has 1 unspecified atom stereocenters. The van der Waals surface area contributed by atoms with Gasteiger partial charge >= 0.3 is 0 Å². The summed E-state index contributed by atoms with van der Waals surface area (Å²) >= 11 is 0. The lowest BCUT2D eigenvalue weighted by Gasteiger charge is -2.22. The Morgan fingerprint density at radius 2 is 1.33 bits per heavy atom. The first kappa shape index (κ1) is 14.8. The van der Waals surface area contributed by atoms with Crippen molar-refractivity contribution >= 4 is 0 Å². The average Bonchev–Trinajstić information content (AvgIpc) is 2.38. The maximum Gasteiger partial charge on any atom is 0.0455 e. The Bertz CT molecular complexity index is 443. The van der Waals surface area contributed by atoms with Gasteiger partial charge in [-0.15, -0.1) is 6.42 Å². The summed E-state index contributed by atoms with van der Waals surface area (Å²) in [5, 5.41) is 0. The average molecular weight is 242 g/mol. The summed E-state index contributed by atoms with van der Waals surface area (Å²) < 4.78 is 0. The monoisotopic (exact) mass is 242 g/mol. The van der Waals surface area contributed by atoms with Gasteiger partial charge in [0.1, 0.15) is 0 Å². The summed E-state index contributed by atoms with van der Waals surface area (Å²) in [6, 6.07) is 0. The van der Waals surface area contributed by atoms with Gasteiger partial charge in [-0.25, -0.2) is 0 Å². The van der Waals surface area contributed by atoms with Crippen molar-refractivity contribution in [3.8, 4) is 12.3 Å². The summed E-state index contributed by atoms with van der Waals surface area (Å²) in [6.45, 7) is 13.3. The zero-order valence-corrected chi connectivity index (χ0v) is 12.8. The second kappa shape index (κ2) is 6.10. The molecule has 0 saturated heterocycles. The second-order valence-corrected chi connectivity index (χ2v) is 5.40. The van der Waals surface area contributed by atoms with Crippen LogP contribution < -0.4 is 0 Å². The molecule has 1 atom stereocenters. The van der Waals surface area contributed by atoms with Crippen LogP contribution in [0.2, 0.25) is 0 Å². The Morgan fingerprint density at radius 1 is 0.889 bits per heavy atom. The van der Waals surface area contributed by atoms with Crippen molar-refractivity contribution in [3.63, 3.8) is 0 Å². The SMILES string of the molecule is C#CC(CCCC)c1c(C)c(C)c(C)c(C)c1C. The smallest absolute Gasteiger partial charge is 0.0455 e. The molecule has 0 aliphatic carbocycles. The number of rotatable bonds is 4. The van der Waals surface area contributed by atoms with E-state index in [-0.39, 0.29) is 5.92 Å². The molecule has 0 heterocycles. The van der Waals surface area contributed by atoms with E-state index < -0.39 is 0 Å². The van der Waals surface area contributed by atoms with E-state index in [0.29, 0.717) is 0 Å². The molecule has 0 spiro atoms. The van der Waals surface area contributed by atoms with E-state index in [4.69, 9.17) is 6.42 Å². The van der Waals surface area contributed by atoms with Crippen molar-refractivity contribution in [1.29, 1.82) is 0 Å². The minimum absolute atomic E-state index is 0.281. The standard InChI is InChI=1S/C18H26/c1-8-10-11-17(9-2)18-15(6)13(4)12(3)14(5)16(18)7/h2,17H,8,10-11H2,1,3-7H3. The molecule has 0 heteroatoms. The van der Waals surface area contributed by atoms with Crippen molar-refractivity contribution < 1.29 is 0 Å². The third kappa shape index (κ3) is 2.61. The van der Waals surface area contributed by atoms with Crippen molar-refractivity contribution in [1.82, 2.24) is 0 Å². The summed E-state index contributed by atoms with van der Waals surface area (Å²) in [7, 11) is 0. The molecule has 0 radical (unpaired) electrons. The lowest BCUT2D eigenvalue weighted by Crippen LogP contribution is -2.07. The van der Waals surface area contributed by atoms with Crippen LogP contribution in [-0.4, -0.2) is 0 Å². The number of hydrogen-bond donors (Lipinski definition) is 0.